The molecule has 7 rings (SSSR count). The molecule has 5 aliphatic rings. The minimum Gasteiger partial charge on any atom is -0.455 e. The van der Waals surface area contributed by atoms with Gasteiger partial charge < -0.3 is 58.9 Å². The fourth-order valence-corrected chi connectivity index (χ4v) is 12.4. The first kappa shape index (κ1) is 59.6. The maximum atomic E-state index is 15.1. The molecule has 0 spiro atoms. The van der Waals surface area contributed by atoms with Crippen molar-refractivity contribution in [1.29, 1.82) is 0 Å². The summed E-state index contributed by atoms with van der Waals surface area (Å²) in [6.07, 6.45) is 7.83. The maximum Gasteiger partial charge on any atom is 0.509 e. The number of Topliss-reactive ketones (excluding diaryl/α,β-unsaturated/α-hetero) is 1. The van der Waals surface area contributed by atoms with Gasteiger partial charge in [0.15, 0.2) is 18.2 Å². The molecule has 77 heavy (non-hydrogen) atoms. The van der Waals surface area contributed by atoms with Crippen LogP contribution in [0.4, 0.5) is 4.79 Å². The molecule has 5 N–H and O–H groups in total. The number of hydrogen-bond donors (Lipinski definition) is 5. The van der Waals surface area contributed by atoms with Crippen LogP contribution in [-0.2, 0) is 47.5 Å². The van der Waals surface area contributed by atoms with Crippen LogP contribution in [0.15, 0.2) is 84.0 Å². The summed E-state index contributed by atoms with van der Waals surface area (Å²) in [5, 5.41) is 52.4. The van der Waals surface area contributed by atoms with E-state index in [2.05, 4.69) is 24.4 Å². The molecule has 0 radical (unpaired) electrons. The van der Waals surface area contributed by atoms with Crippen molar-refractivity contribution in [3.8, 4) is 0 Å². The molecule has 2 bridgehead atoms. The standard InChI is InChI=1S/C60H83NO16/c1-7-8-9-10-11-12-13-14-15-16-17-18-19-20-27-32-46-71-35-42(75-46)36-72-56(68)77-50(48(40-28-23-21-24-29-40)61-54(66)41-30-25-22-26-31-41)55(67)76-43-34-60(70)53(65)51-58(6,44(63)33-45-59(51,69)37-73-45)52(64)49(74-39(3)62)47(38(43)2)57(60,4)5/h14-15,21-26,28-31,42-46,48-51,53,63,65,69-70H,7-13,16-20,27,32-37H2,1-6H3,(H,61,66)/b15-14-/t42?,43-,44-,45+,46?,48-,49+,50+,51-,53-,58+,59-,60+/m0/s1. The van der Waals surface area contributed by atoms with Gasteiger partial charge in [-0.25, -0.2) is 9.59 Å². The van der Waals surface area contributed by atoms with Crippen LogP contribution in [0, 0.1) is 16.7 Å². The topological polar surface area (TPSA) is 243 Å². The van der Waals surface area contributed by atoms with E-state index < -0.39 is 119 Å². The molecule has 2 aromatic rings. The minimum atomic E-state index is -2.37. The van der Waals surface area contributed by atoms with E-state index in [9.17, 15) is 34.8 Å². The van der Waals surface area contributed by atoms with Crippen molar-refractivity contribution in [2.75, 3.05) is 19.8 Å². The van der Waals surface area contributed by atoms with Crippen molar-refractivity contribution in [3.05, 3.63) is 95.1 Å². The van der Waals surface area contributed by atoms with Crippen LogP contribution >= 0.6 is 0 Å². The van der Waals surface area contributed by atoms with Crippen molar-refractivity contribution in [3.63, 3.8) is 0 Å². The second-order valence-corrected chi connectivity index (χ2v) is 22.6. The van der Waals surface area contributed by atoms with Gasteiger partial charge in [-0.3, -0.25) is 14.4 Å². The lowest BCUT2D eigenvalue weighted by Gasteiger charge is -2.66. The third-order valence-corrected chi connectivity index (χ3v) is 17.1. The Bertz CT molecular complexity index is 2390. The molecule has 2 saturated heterocycles. The molecule has 4 fully saturated rings. The first-order valence-corrected chi connectivity index (χ1v) is 28.0. The van der Waals surface area contributed by atoms with Gasteiger partial charge in [0.2, 0.25) is 6.10 Å². The Balaban J connectivity index is 1.06. The highest BCUT2D eigenvalue weighted by Gasteiger charge is 2.75. The summed E-state index contributed by atoms with van der Waals surface area (Å²) >= 11 is 0. The number of carbonyl (C=O) groups excluding carboxylic acids is 5. The number of unbranched alkanes of at least 4 members (excludes halogenated alkanes) is 11. The number of fused-ring (bicyclic) bond motifs is 5. The zero-order valence-electron chi connectivity index (χ0n) is 45.8. The van der Waals surface area contributed by atoms with Crippen LogP contribution in [0.2, 0.25) is 0 Å². The van der Waals surface area contributed by atoms with Gasteiger partial charge in [-0.1, -0.05) is 133 Å². The summed E-state index contributed by atoms with van der Waals surface area (Å²) in [5.41, 5.74) is -7.16. The normalized spacial score (nSPS) is 31.2. The quantitative estimate of drug-likeness (QED) is 0.0272. The highest BCUT2D eigenvalue weighted by atomic mass is 16.8. The summed E-state index contributed by atoms with van der Waals surface area (Å²) in [7, 11) is 0. The zero-order chi connectivity index (χ0) is 55.5. The number of nitrogens with one attached hydrogen (secondary N) is 1. The summed E-state index contributed by atoms with van der Waals surface area (Å²) in [5.74, 6) is -5.14. The Labute approximate surface area is 453 Å². The minimum absolute atomic E-state index is 0.00245. The fraction of sp³-hybridized carbons (Fsp3) is 0.650. The molecular formula is C60H83NO16. The Morgan fingerprint density at radius 3 is 2.08 bits per heavy atom. The predicted molar refractivity (Wildman–Crippen MR) is 283 cm³/mol. The molecule has 0 aromatic heterocycles. The van der Waals surface area contributed by atoms with E-state index in [1.165, 1.54) is 52.4 Å². The number of hydrogen-bond acceptors (Lipinski definition) is 16. The smallest absolute Gasteiger partial charge is 0.455 e. The van der Waals surface area contributed by atoms with Gasteiger partial charge in [0, 0.05) is 36.7 Å². The van der Waals surface area contributed by atoms with E-state index in [-0.39, 0.29) is 43.0 Å². The number of ether oxygens (including phenoxy) is 7. The van der Waals surface area contributed by atoms with E-state index in [0.29, 0.717) is 12.0 Å². The molecule has 2 aliphatic heterocycles. The largest absolute Gasteiger partial charge is 0.509 e. The van der Waals surface area contributed by atoms with E-state index in [1.807, 2.05) is 0 Å². The number of allylic oxidation sites excluding steroid dienone is 2. The highest BCUT2D eigenvalue weighted by Crippen LogP contribution is 2.63. The molecule has 17 nitrogen and oxygen atoms in total. The van der Waals surface area contributed by atoms with Gasteiger partial charge in [0.25, 0.3) is 5.91 Å². The summed E-state index contributed by atoms with van der Waals surface area (Å²) in [6, 6.07) is 15.0. The summed E-state index contributed by atoms with van der Waals surface area (Å²) < 4.78 is 41.1. The third-order valence-electron chi connectivity index (χ3n) is 17.1. The summed E-state index contributed by atoms with van der Waals surface area (Å²) in [6.45, 7) is 8.86. The number of aliphatic hydroxyl groups is 4. The monoisotopic (exact) mass is 1070 g/mol. The number of benzene rings is 2. The number of carbonyl (C=O) groups is 5. The fourth-order valence-electron chi connectivity index (χ4n) is 12.4. The second kappa shape index (κ2) is 26.3. The first-order valence-electron chi connectivity index (χ1n) is 28.0. The number of esters is 2. The van der Waals surface area contributed by atoms with Crippen LogP contribution in [0.5, 0.6) is 0 Å². The number of rotatable bonds is 25. The molecule has 424 valence electrons. The van der Waals surface area contributed by atoms with Crippen LogP contribution in [0.25, 0.3) is 0 Å². The second-order valence-electron chi connectivity index (χ2n) is 22.6. The molecule has 2 unspecified atom stereocenters. The third kappa shape index (κ3) is 13.2. The lowest BCUT2D eigenvalue weighted by atomic mass is 9.45. The maximum absolute atomic E-state index is 15.1. The van der Waals surface area contributed by atoms with Gasteiger partial charge >= 0.3 is 18.1 Å². The molecular weight excluding hydrogens is 991 g/mol. The van der Waals surface area contributed by atoms with Gasteiger partial charge in [0.1, 0.15) is 36.1 Å². The van der Waals surface area contributed by atoms with Gasteiger partial charge in [-0.05, 0) is 81.2 Å². The molecule has 1 amide bonds. The van der Waals surface area contributed by atoms with Crippen molar-refractivity contribution in [2.24, 2.45) is 16.7 Å². The molecule has 2 aromatic carbocycles. The predicted octanol–water partition coefficient (Wildman–Crippen LogP) is 8.24. The van der Waals surface area contributed by atoms with E-state index in [0.717, 1.165) is 51.9 Å². The molecule has 17 heteroatoms. The van der Waals surface area contributed by atoms with Crippen molar-refractivity contribution in [2.45, 2.75) is 211 Å². The lowest BCUT2D eigenvalue weighted by Crippen LogP contribution is -2.80. The Morgan fingerprint density at radius 1 is 0.831 bits per heavy atom. The average molecular weight is 1070 g/mol. The number of ketones is 1. The average Bonchev–Trinajstić information content (AvgIpc) is 3.94. The Morgan fingerprint density at radius 2 is 1.45 bits per heavy atom. The van der Waals surface area contributed by atoms with Crippen LogP contribution in [0.1, 0.15) is 166 Å². The SMILES string of the molecule is CCCCCCCC/C=C\CCCCCCCC1OCC(COC(=O)O[C@@H](C(=O)O[C@H]2C[C@@]3(O)[C@@H](O)[C@@H]4[C@]5(O)CO[C@@H]5C[C@H](O)[C@@]4(C)C(=O)[C@H](OC(C)=O)C(=C2C)C3(C)C)[C@@H](NC(=O)c2ccccc2)c2ccccc2)O1. The van der Waals surface area contributed by atoms with Crippen molar-refractivity contribution < 1.29 is 77.6 Å². The van der Waals surface area contributed by atoms with Crippen LogP contribution in [0.3, 0.4) is 0 Å². The Hall–Kier alpha value is -5.01. The highest BCUT2D eigenvalue weighted by molar-refractivity contribution is 5.96. The van der Waals surface area contributed by atoms with Crippen LogP contribution < -0.4 is 5.32 Å². The molecule has 13 atom stereocenters. The molecule has 3 aliphatic carbocycles. The van der Waals surface area contributed by atoms with E-state index in [1.54, 1.807) is 74.5 Å². The van der Waals surface area contributed by atoms with Gasteiger partial charge in [-0.15, -0.1) is 0 Å². The number of amides is 1. The van der Waals surface area contributed by atoms with Crippen molar-refractivity contribution in [1.82, 2.24) is 5.32 Å². The number of aliphatic hydroxyl groups excluding tert-OH is 2. The van der Waals surface area contributed by atoms with Gasteiger partial charge in [0.05, 0.1) is 36.9 Å². The van der Waals surface area contributed by atoms with E-state index in [4.69, 9.17) is 33.2 Å². The Kier molecular flexibility index (Phi) is 20.4. The van der Waals surface area contributed by atoms with E-state index >= 15 is 9.59 Å². The first-order chi connectivity index (χ1) is 36.8. The zero-order valence-corrected chi connectivity index (χ0v) is 45.8. The van der Waals surface area contributed by atoms with Crippen LogP contribution in [-0.4, -0.2) is 130 Å². The van der Waals surface area contributed by atoms with Gasteiger partial charge in [-0.2, -0.15) is 0 Å². The summed E-state index contributed by atoms with van der Waals surface area (Å²) in [4.78, 5) is 70.9. The van der Waals surface area contributed by atoms with Crippen molar-refractivity contribution >= 4 is 29.8 Å². The molecule has 2 heterocycles. The lowest BCUT2D eigenvalue weighted by molar-refractivity contribution is -0.344. The molecule has 2 saturated carbocycles.